The van der Waals surface area contributed by atoms with E-state index in [1.54, 1.807) is 24.5 Å². The van der Waals surface area contributed by atoms with Crippen LogP contribution in [0.4, 0.5) is 0 Å². The minimum Gasteiger partial charge on any atom is -0.497 e. The van der Waals surface area contributed by atoms with Gasteiger partial charge in [-0.05, 0) is 60.0 Å². The Bertz CT molecular complexity index is 739. The molecule has 0 saturated heterocycles. The van der Waals surface area contributed by atoms with Crippen molar-refractivity contribution in [3.63, 3.8) is 0 Å². The van der Waals surface area contributed by atoms with Gasteiger partial charge in [0.05, 0.1) is 13.7 Å². The number of ether oxygens (including phenoxy) is 1. The Hall–Kier alpha value is -2.11. The van der Waals surface area contributed by atoms with Gasteiger partial charge in [0.25, 0.3) is 0 Å². The summed E-state index contributed by atoms with van der Waals surface area (Å²) in [4.78, 5) is 13.0. The van der Waals surface area contributed by atoms with Gasteiger partial charge < -0.3 is 15.2 Å². The number of thiophene rings is 1. The molecule has 0 radical (unpaired) electrons. The molecule has 1 amide bonds. The molecule has 0 fully saturated rings. The molecule has 1 aromatic carbocycles. The third kappa shape index (κ3) is 3.68. The Morgan fingerprint density at radius 1 is 1.46 bits per heavy atom. The Labute approximate surface area is 145 Å². The van der Waals surface area contributed by atoms with E-state index in [0.29, 0.717) is 6.42 Å². The van der Waals surface area contributed by atoms with E-state index in [1.165, 1.54) is 6.08 Å². The molecule has 1 aromatic heterocycles. The van der Waals surface area contributed by atoms with E-state index in [0.717, 1.165) is 34.6 Å². The molecule has 4 nitrogen and oxygen atoms in total. The van der Waals surface area contributed by atoms with Crippen LogP contribution in [0.2, 0.25) is 0 Å². The van der Waals surface area contributed by atoms with E-state index >= 15 is 0 Å². The van der Waals surface area contributed by atoms with Crippen LogP contribution < -0.4 is 10.1 Å². The summed E-state index contributed by atoms with van der Waals surface area (Å²) in [7, 11) is 1.64. The van der Waals surface area contributed by atoms with Crippen molar-refractivity contribution in [2.24, 2.45) is 0 Å². The standard InChI is InChI=1S/C19H21NO3S/c1-23-15-6-8-17-14(12-15)4-2-10-19(17,22)13-20-18(21)9-7-16-5-3-11-24-16/h3,5-9,11-12,22H,2,4,10,13H2,1H3,(H,20,21)/b9-7+/t19-/m1/s1. The fourth-order valence-corrected chi connectivity index (χ4v) is 3.70. The molecule has 0 aliphatic heterocycles. The van der Waals surface area contributed by atoms with Crippen LogP contribution in [0.1, 0.15) is 28.8 Å². The van der Waals surface area contributed by atoms with E-state index in [-0.39, 0.29) is 12.5 Å². The maximum atomic E-state index is 12.0. The number of hydrogen-bond donors (Lipinski definition) is 2. The summed E-state index contributed by atoms with van der Waals surface area (Å²) in [6.45, 7) is 0.208. The topological polar surface area (TPSA) is 58.6 Å². The number of carbonyl (C=O) groups excluding carboxylic acids is 1. The molecule has 3 rings (SSSR count). The number of aliphatic hydroxyl groups is 1. The molecule has 0 unspecified atom stereocenters. The van der Waals surface area contributed by atoms with Crippen LogP contribution in [0.5, 0.6) is 5.75 Å². The molecule has 5 heteroatoms. The lowest BCUT2D eigenvalue weighted by atomic mass is 9.79. The van der Waals surface area contributed by atoms with Gasteiger partial charge in [-0.3, -0.25) is 4.79 Å². The molecule has 126 valence electrons. The Balaban J connectivity index is 1.68. The number of carbonyl (C=O) groups is 1. The predicted molar refractivity (Wildman–Crippen MR) is 96.2 cm³/mol. The minimum atomic E-state index is -1.02. The lowest BCUT2D eigenvalue weighted by molar-refractivity contribution is -0.118. The van der Waals surface area contributed by atoms with Crippen LogP contribution >= 0.6 is 11.3 Å². The van der Waals surface area contributed by atoms with Crippen LogP contribution in [-0.4, -0.2) is 24.7 Å². The largest absolute Gasteiger partial charge is 0.497 e. The quantitative estimate of drug-likeness (QED) is 0.820. The lowest BCUT2D eigenvalue weighted by Gasteiger charge is -2.34. The molecule has 2 N–H and O–H groups in total. The van der Waals surface area contributed by atoms with Gasteiger partial charge >= 0.3 is 0 Å². The zero-order valence-corrected chi connectivity index (χ0v) is 14.4. The number of methoxy groups -OCH3 is 1. The van der Waals surface area contributed by atoms with Gasteiger partial charge in [-0.1, -0.05) is 12.1 Å². The number of amides is 1. The highest BCUT2D eigenvalue weighted by molar-refractivity contribution is 7.10. The summed E-state index contributed by atoms with van der Waals surface area (Å²) in [5.74, 6) is 0.596. The van der Waals surface area contributed by atoms with E-state index in [4.69, 9.17) is 4.74 Å². The molecule has 2 aromatic rings. The van der Waals surface area contributed by atoms with Crippen molar-refractivity contribution in [3.05, 3.63) is 57.8 Å². The summed E-state index contributed by atoms with van der Waals surface area (Å²) in [5, 5.41) is 15.8. The van der Waals surface area contributed by atoms with Crippen molar-refractivity contribution in [1.82, 2.24) is 5.32 Å². The zero-order valence-electron chi connectivity index (χ0n) is 13.6. The fraction of sp³-hybridized carbons (Fsp3) is 0.316. The summed E-state index contributed by atoms with van der Waals surface area (Å²) in [6, 6.07) is 9.62. The monoisotopic (exact) mass is 343 g/mol. The molecule has 0 spiro atoms. The lowest BCUT2D eigenvalue weighted by Crippen LogP contribution is -2.42. The van der Waals surface area contributed by atoms with Gasteiger partial charge in [-0.2, -0.15) is 0 Å². The van der Waals surface area contributed by atoms with Crippen molar-refractivity contribution >= 4 is 23.3 Å². The number of fused-ring (bicyclic) bond motifs is 1. The Morgan fingerprint density at radius 3 is 3.08 bits per heavy atom. The predicted octanol–water partition coefficient (Wildman–Crippen LogP) is 3.11. The van der Waals surface area contributed by atoms with Gasteiger partial charge in [0.1, 0.15) is 11.4 Å². The number of rotatable bonds is 5. The van der Waals surface area contributed by atoms with Gasteiger partial charge in [-0.15, -0.1) is 11.3 Å². The summed E-state index contributed by atoms with van der Waals surface area (Å²) >= 11 is 1.58. The first-order chi connectivity index (χ1) is 11.6. The van der Waals surface area contributed by atoms with Gasteiger partial charge in [0.2, 0.25) is 5.91 Å². The van der Waals surface area contributed by atoms with E-state index in [9.17, 15) is 9.90 Å². The van der Waals surface area contributed by atoms with Crippen LogP contribution in [0.15, 0.2) is 41.8 Å². The van der Waals surface area contributed by atoms with Crippen molar-refractivity contribution < 1.29 is 14.6 Å². The smallest absolute Gasteiger partial charge is 0.244 e. The van der Waals surface area contributed by atoms with E-state index in [1.807, 2.05) is 35.7 Å². The van der Waals surface area contributed by atoms with Crippen molar-refractivity contribution in [2.75, 3.05) is 13.7 Å². The Kier molecular flexibility index (Phi) is 5.02. The molecule has 1 aliphatic rings. The highest BCUT2D eigenvalue weighted by Gasteiger charge is 2.34. The third-order valence-corrected chi connectivity index (χ3v) is 5.19. The zero-order chi connectivity index (χ0) is 17.0. The van der Waals surface area contributed by atoms with Gasteiger partial charge in [0.15, 0.2) is 0 Å². The molecule has 0 saturated carbocycles. The number of hydrogen-bond acceptors (Lipinski definition) is 4. The van der Waals surface area contributed by atoms with Crippen molar-refractivity contribution in [2.45, 2.75) is 24.9 Å². The molecule has 1 aliphatic carbocycles. The van der Waals surface area contributed by atoms with E-state index in [2.05, 4.69) is 5.32 Å². The van der Waals surface area contributed by atoms with Crippen LogP contribution in [-0.2, 0) is 16.8 Å². The van der Waals surface area contributed by atoms with Crippen LogP contribution in [0.25, 0.3) is 6.08 Å². The fourth-order valence-electron chi connectivity index (χ4n) is 3.08. The summed E-state index contributed by atoms with van der Waals surface area (Å²) in [5.41, 5.74) is 0.954. The average Bonchev–Trinajstić information content (AvgIpc) is 3.11. The minimum absolute atomic E-state index is 0.197. The highest BCUT2D eigenvalue weighted by Crippen LogP contribution is 2.36. The molecule has 1 atom stereocenters. The first-order valence-electron chi connectivity index (χ1n) is 8.00. The summed E-state index contributed by atoms with van der Waals surface area (Å²) in [6.07, 6.45) is 5.73. The van der Waals surface area contributed by atoms with Crippen LogP contribution in [0.3, 0.4) is 0 Å². The summed E-state index contributed by atoms with van der Waals surface area (Å²) < 4.78 is 5.25. The number of nitrogens with one attached hydrogen (secondary N) is 1. The second kappa shape index (κ2) is 7.20. The van der Waals surface area contributed by atoms with Crippen molar-refractivity contribution in [3.8, 4) is 5.75 Å². The maximum absolute atomic E-state index is 12.0. The first-order valence-corrected chi connectivity index (χ1v) is 8.88. The maximum Gasteiger partial charge on any atom is 0.244 e. The third-order valence-electron chi connectivity index (χ3n) is 4.35. The molecular formula is C19H21NO3S. The average molecular weight is 343 g/mol. The molecule has 0 bridgehead atoms. The second-order valence-corrected chi connectivity index (χ2v) is 6.95. The molecule has 24 heavy (non-hydrogen) atoms. The Morgan fingerprint density at radius 2 is 2.33 bits per heavy atom. The molecule has 1 heterocycles. The molecular weight excluding hydrogens is 322 g/mol. The van der Waals surface area contributed by atoms with Gasteiger partial charge in [0, 0.05) is 11.0 Å². The highest BCUT2D eigenvalue weighted by atomic mass is 32.1. The number of aryl methyl sites for hydroxylation is 1. The first kappa shape index (κ1) is 16.7. The van der Waals surface area contributed by atoms with Gasteiger partial charge in [-0.25, -0.2) is 0 Å². The second-order valence-electron chi connectivity index (χ2n) is 5.97. The van der Waals surface area contributed by atoms with Crippen LogP contribution in [0, 0.1) is 0 Å². The van der Waals surface area contributed by atoms with Crippen molar-refractivity contribution in [1.29, 1.82) is 0 Å². The normalized spacial score (nSPS) is 19.9. The number of benzene rings is 1. The SMILES string of the molecule is COc1ccc2c(c1)CCC[C@@]2(O)CNC(=O)/C=C/c1cccs1. The van der Waals surface area contributed by atoms with E-state index < -0.39 is 5.60 Å².